The summed E-state index contributed by atoms with van der Waals surface area (Å²) in [6.45, 7) is 1.61. The Bertz CT molecular complexity index is 534. The smallest absolute Gasteiger partial charge is 0.335 e. The molecule has 0 amide bonds. The lowest BCUT2D eigenvalue weighted by atomic mass is 10.0. The van der Waals surface area contributed by atoms with Gasteiger partial charge in [-0.05, 0) is 30.2 Å². The minimum absolute atomic E-state index is 0.127. The van der Waals surface area contributed by atoms with Gasteiger partial charge in [-0.3, -0.25) is 0 Å². The van der Waals surface area contributed by atoms with Gasteiger partial charge in [-0.25, -0.2) is 13.2 Å². The molecule has 0 aliphatic carbocycles. The molecule has 6 heteroatoms. The minimum atomic E-state index is -3.33. The van der Waals surface area contributed by atoms with Crippen LogP contribution in [0.15, 0.2) is 17.0 Å². The second-order valence-corrected chi connectivity index (χ2v) is 5.97. The first-order valence-electron chi connectivity index (χ1n) is 4.40. The van der Waals surface area contributed by atoms with Gasteiger partial charge < -0.3 is 5.11 Å². The average Bonchev–Trinajstić information content (AvgIpc) is 2.15. The Kier molecular flexibility index (Phi) is 3.75. The van der Waals surface area contributed by atoms with E-state index in [0.29, 0.717) is 16.5 Å². The van der Waals surface area contributed by atoms with Crippen LogP contribution >= 0.6 is 15.9 Å². The number of sulfone groups is 1. The van der Waals surface area contributed by atoms with Crippen molar-refractivity contribution in [3.63, 3.8) is 0 Å². The highest BCUT2D eigenvalue weighted by Gasteiger charge is 2.18. The van der Waals surface area contributed by atoms with Gasteiger partial charge in [0.15, 0.2) is 9.84 Å². The summed E-state index contributed by atoms with van der Waals surface area (Å²) in [6.07, 6.45) is 1.11. The van der Waals surface area contributed by atoms with Crippen LogP contribution in [0.1, 0.15) is 21.5 Å². The van der Waals surface area contributed by atoms with E-state index in [-0.39, 0.29) is 10.5 Å². The maximum absolute atomic E-state index is 11.5. The zero-order valence-electron chi connectivity index (χ0n) is 8.82. The van der Waals surface area contributed by atoms with Gasteiger partial charge in [-0.1, -0.05) is 15.9 Å². The van der Waals surface area contributed by atoms with Gasteiger partial charge in [0.25, 0.3) is 0 Å². The molecule has 1 aromatic rings. The van der Waals surface area contributed by atoms with Crippen LogP contribution < -0.4 is 0 Å². The normalized spacial score (nSPS) is 11.4. The average molecular weight is 307 g/mol. The van der Waals surface area contributed by atoms with E-state index < -0.39 is 15.8 Å². The lowest BCUT2D eigenvalue weighted by Crippen LogP contribution is -2.08. The molecular formula is C10H11BrO4S. The van der Waals surface area contributed by atoms with Crippen molar-refractivity contribution in [1.82, 2.24) is 0 Å². The van der Waals surface area contributed by atoms with Crippen molar-refractivity contribution in [2.75, 3.05) is 6.26 Å². The molecule has 0 bridgehead atoms. The molecule has 0 spiro atoms. The number of carbonyl (C=O) groups is 1. The van der Waals surface area contributed by atoms with Crippen LogP contribution in [-0.2, 0) is 15.2 Å². The Labute approximate surface area is 102 Å². The highest BCUT2D eigenvalue weighted by molar-refractivity contribution is 9.08. The van der Waals surface area contributed by atoms with Gasteiger partial charge in [-0.2, -0.15) is 0 Å². The van der Waals surface area contributed by atoms with E-state index in [2.05, 4.69) is 15.9 Å². The molecule has 0 fully saturated rings. The van der Waals surface area contributed by atoms with Gasteiger partial charge in [0, 0.05) is 11.6 Å². The molecule has 0 heterocycles. The van der Waals surface area contributed by atoms with Crippen LogP contribution in [-0.4, -0.2) is 25.7 Å². The molecule has 0 unspecified atom stereocenters. The van der Waals surface area contributed by atoms with E-state index in [9.17, 15) is 13.2 Å². The Balaban J connectivity index is 3.60. The fraction of sp³-hybridized carbons (Fsp3) is 0.300. The van der Waals surface area contributed by atoms with Crippen molar-refractivity contribution in [2.24, 2.45) is 0 Å². The molecule has 1 aromatic carbocycles. The third kappa shape index (κ3) is 2.44. The number of benzene rings is 1. The molecule has 16 heavy (non-hydrogen) atoms. The highest BCUT2D eigenvalue weighted by atomic mass is 79.9. The van der Waals surface area contributed by atoms with Gasteiger partial charge in [0.2, 0.25) is 0 Å². The fourth-order valence-electron chi connectivity index (χ4n) is 1.48. The fourth-order valence-corrected chi connectivity index (χ4v) is 3.37. The van der Waals surface area contributed by atoms with Crippen LogP contribution in [0.3, 0.4) is 0 Å². The maximum atomic E-state index is 11.5. The Morgan fingerprint density at radius 3 is 2.38 bits per heavy atom. The summed E-state index contributed by atoms with van der Waals surface area (Å²) in [5.74, 6) is -1.06. The number of carboxylic acid groups (broad SMARTS) is 1. The first-order chi connectivity index (χ1) is 7.29. The van der Waals surface area contributed by atoms with Crippen LogP contribution in [0.5, 0.6) is 0 Å². The number of hydrogen-bond acceptors (Lipinski definition) is 3. The first-order valence-corrected chi connectivity index (χ1v) is 7.42. The van der Waals surface area contributed by atoms with Gasteiger partial charge in [0.1, 0.15) is 0 Å². The Morgan fingerprint density at radius 2 is 2.00 bits per heavy atom. The monoisotopic (exact) mass is 306 g/mol. The minimum Gasteiger partial charge on any atom is -0.478 e. The van der Waals surface area contributed by atoms with E-state index in [1.54, 1.807) is 6.92 Å². The van der Waals surface area contributed by atoms with Gasteiger partial charge in [-0.15, -0.1) is 0 Å². The van der Waals surface area contributed by atoms with Crippen LogP contribution in [0.2, 0.25) is 0 Å². The molecule has 0 aliphatic rings. The molecule has 1 rings (SSSR count). The van der Waals surface area contributed by atoms with Crippen LogP contribution in [0.25, 0.3) is 0 Å². The summed E-state index contributed by atoms with van der Waals surface area (Å²) in [4.78, 5) is 11.1. The molecule has 0 radical (unpaired) electrons. The molecule has 0 aromatic heterocycles. The summed E-state index contributed by atoms with van der Waals surface area (Å²) in [7, 11) is -3.33. The Morgan fingerprint density at radius 1 is 1.44 bits per heavy atom. The van der Waals surface area contributed by atoms with E-state index in [0.717, 1.165) is 6.26 Å². The third-order valence-corrected chi connectivity index (χ3v) is 4.06. The summed E-state index contributed by atoms with van der Waals surface area (Å²) in [5.41, 5.74) is 1.11. The SMILES string of the molecule is Cc1c(C(=O)O)ccc(S(C)(=O)=O)c1CBr. The van der Waals surface area contributed by atoms with E-state index in [4.69, 9.17) is 5.11 Å². The highest BCUT2D eigenvalue weighted by Crippen LogP contribution is 2.25. The number of alkyl halides is 1. The molecule has 0 saturated carbocycles. The lowest BCUT2D eigenvalue weighted by molar-refractivity contribution is 0.0696. The lowest BCUT2D eigenvalue weighted by Gasteiger charge is -2.11. The quantitative estimate of drug-likeness (QED) is 0.867. The van der Waals surface area contributed by atoms with E-state index in [1.165, 1.54) is 12.1 Å². The number of halogens is 1. The molecule has 0 atom stereocenters. The summed E-state index contributed by atoms with van der Waals surface area (Å²) >= 11 is 3.18. The summed E-state index contributed by atoms with van der Waals surface area (Å²) < 4.78 is 23.0. The van der Waals surface area contributed by atoms with Crippen LogP contribution in [0, 0.1) is 6.92 Å². The molecule has 0 aliphatic heterocycles. The third-order valence-electron chi connectivity index (χ3n) is 2.32. The van der Waals surface area contributed by atoms with Crippen molar-refractivity contribution in [3.05, 3.63) is 28.8 Å². The van der Waals surface area contributed by atoms with E-state index in [1.807, 2.05) is 0 Å². The predicted molar refractivity (Wildman–Crippen MR) is 63.9 cm³/mol. The second kappa shape index (κ2) is 4.55. The van der Waals surface area contributed by atoms with Gasteiger partial charge >= 0.3 is 5.97 Å². The van der Waals surface area contributed by atoms with Crippen molar-refractivity contribution in [1.29, 1.82) is 0 Å². The van der Waals surface area contributed by atoms with Crippen molar-refractivity contribution >= 4 is 31.7 Å². The molecule has 1 N–H and O–H groups in total. The molecular weight excluding hydrogens is 296 g/mol. The maximum Gasteiger partial charge on any atom is 0.335 e. The molecule has 0 saturated heterocycles. The standard InChI is InChI=1S/C10H11BrO4S/c1-6-7(10(12)13)3-4-9(8(6)5-11)16(2,14)15/h3-4H,5H2,1-2H3,(H,12,13). The largest absolute Gasteiger partial charge is 0.478 e. The summed E-state index contributed by atoms with van der Waals surface area (Å²) in [5, 5.41) is 9.22. The zero-order chi connectivity index (χ0) is 12.5. The Hall–Kier alpha value is -0.880. The second-order valence-electron chi connectivity index (χ2n) is 3.43. The molecule has 88 valence electrons. The number of hydrogen-bond donors (Lipinski definition) is 1. The van der Waals surface area contributed by atoms with E-state index >= 15 is 0 Å². The number of rotatable bonds is 3. The molecule has 4 nitrogen and oxygen atoms in total. The van der Waals surface area contributed by atoms with Crippen LogP contribution in [0.4, 0.5) is 0 Å². The van der Waals surface area contributed by atoms with Crippen molar-refractivity contribution in [3.8, 4) is 0 Å². The van der Waals surface area contributed by atoms with Crippen molar-refractivity contribution in [2.45, 2.75) is 17.1 Å². The van der Waals surface area contributed by atoms with Gasteiger partial charge in [0.05, 0.1) is 10.5 Å². The van der Waals surface area contributed by atoms with Crippen molar-refractivity contribution < 1.29 is 18.3 Å². The summed E-state index contributed by atoms with van der Waals surface area (Å²) in [6, 6.07) is 2.66. The first kappa shape index (κ1) is 13.2. The zero-order valence-corrected chi connectivity index (χ0v) is 11.2. The number of carboxylic acids is 1. The topological polar surface area (TPSA) is 71.4 Å². The number of aromatic carboxylic acids is 1. The predicted octanol–water partition coefficient (Wildman–Crippen LogP) is 1.99.